The highest BCUT2D eigenvalue weighted by molar-refractivity contribution is 6.09. The summed E-state index contributed by atoms with van der Waals surface area (Å²) >= 11 is 0. The monoisotopic (exact) mass is 373 g/mol. The fourth-order valence-corrected chi connectivity index (χ4v) is 3.06. The van der Waals surface area contributed by atoms with Crippen LogP contribution in [0.1, 0.15) is 37.3 Å². The fraction of sp³-hybridized carbons (Fsp3) is 0.550. The van der Waals surface area contributed by atoms with Crippen LogP contribution in [0.15, 0.2) is 24.3 Å². The van der Waals surface area contributed by atoms with Crippen LogP contribution in [0.4, 0.5) is 4.79 Å². The molecule has 1 saturated heterocycles. The zero-order chi connectivity index (χ0) is 19.4. The summed E-state index contributed by atoms with van der Waals surface area (Å²) in [6.45, 7) is 5.19. The van der Waals surface area contributed by atoms with E-state index in [9.17, 15) is 14.4 Å². The molecular formula is C20H27N3O4. The molecule has 1 aliphatic carbocycles. The van der Waals surface area contributed by atoms with E-state index in [-0.39, 0.29) is 12.5 Å². The molecule has 0 bridgehead atoms. The van der Waals surface area contributed by atoms with Gasteiger partial charge in [0.15, 0.2) is 0 Å². The lowest BCUT2D eigenvalue weighted by Gasteiger charge is -2.22. The SMILES string of the molecule is Cc1ccc(C2(C)NC(=O)N(CC(=O)NCCCOCC3CC3)C2=O)cc1. The van der Waals surface area contributed by atoms with E-state index in [0.717, 1.165) is 23.0 Å². The average Bonchev–Trinajstić information content (AvgIpc) is 3.43. The molecule has 1 aromatic carbocycles. The molecule has 0 radical (unpaired) electrons. The quantitative estimate of drug-likeness (QED) is 0.509. The van der Waals surface area contributed by atoms with Gasteiger partial charge in [0, 0.05) is 19.8 Å². The molecule has 1 saturated carbocycles. The Labute approximate surface area is 159 Å². The van der Waals surface area contributed by atoms with Crippen molar-refractivity contribution < 1.29 is 19.1 Å². The van der Waals surface area contributed by atoms with E-state index in [1.54, 1.807) is 6.92 Å². The summed E-state index contributed by atoms with van der Waals surface area (Å²) in [6.07, 6.45) is 3.22. The van der Waals surface area contributed by atoms with Crippen LogP contribution in [-0.2, 0) is 19.9 Å². The number of nitrogens with zero attached hydrogens (tertiary/aromatic N) is 1. The number of aryl methyl sites for hydroxylation is 1. The first-order valence-corrected chi connectivity index (χ1v) is 9.46. The smallest absolute Gasteiger partial charge is 0.325 e. The Morgan fingerprint density at radius 3 is 2.67 bits per heavy atom. The molecular weight excluding hydrogens is 346 g/mol. The van der Waals surface area contributed by atoms with E-state index < -0.39 is 17.5 Å². The van der Waals surface area contributed by atoms with Crippen LogP contribution in [0.5, 0.6) is 0 Å². The van der Waals surface area contributed by atoms with Gasteiger partial charge in [-0.3, -0.25) is 14.5 Å². The van der Waals surface area contributed by atoms with Gasteiger partial charge in [-0.1, -0.05) is 29.8 Å². The number of ether oxygens (including phenoxy) is 1. The third kappa shape index (κ3) is 4.66. The molecule has 2 N–H and O–H groups in total. The predicted molar refractivity (Wildman–Crippen MR) is 99.9 cm³/mol. The number of nitrogens with one attached hydrogen (secondary N) is 2. The Bertz CT molecular complexity index is 714. The predicted octanol–water partition coefficient (Wildman–Crippen LogP) is 1.69. The van der Waals surface area contributed by atoms with Gasteiger partial charge < -0.3 is 15.4 Å². The number of carbonyl (C=O) groups is 3. The standard InChI is InChI=1S/C20H27N3O4/c1-14-4-8-16(9-5-14)20(2)18(25)23(19(26)22-20)12-17(24)21-10-3-11-27-13-15-6-7-15/h4-5,8-9,15H,3,6-7,10-13H2,1-2H3,(H,21,24)(H,22,26). The minimum atomic E-state index is -1.15. The third-order valence-electron chi connectivity index (χ3n) is 5.04. The van der Waals surface area contributed by atoms with Gasteiger partial charge in [-0.25, -0.2) is 4.79 Å². The van der Waals surface area contributed by atoms with Crippen molar-refractivity contribution >= 4 is 17.8 Å². The highest BCUT2D eigenvalue weighted by Gasteiger charge is 2.49. The van der Waals surface area contributed by atoms with E-state index in [0.29, 0.717) is 25.1 Å². The molecule has 1 aromatic rings. The van der Waals surface area contributed by atoms with Gasteiger partial charge in [-0.05, 0) is 44.6 Å². The molecule has 7 nitrogen and oxygen atoms in total. The van der Waals surface area contributed by atoms with Gasteiger partial charge in [0.2, 0.25) is 5.91 Å². The second-order valence-corrected chi connectivity index (χ2v) is 7.53. The first-order valence-electron chi connectivity index (χ1n) is 9.46. The van der Waals surface area contributed by atoms with Crippen molar-refractivity contribution in [2.75, 3.05) is 26.3 Å². The number of benzene rings is 1. The topological polar surface area (TPSA) is 87.7 Å². The van der Waals surface area contributed by atoms with Gasteiger partial charge >= 0.3 is 6.03 Å². The van der Waals surface area contributed by atoms with Crippen LogP contribution < -0.4 is 10.6 Å². The van der Waals surface area contributed by atoms with Crippen LogP contribution in [0.25, 0.3) is 0 Å². The lowest BCUT2D eigenvalue weighted by Crippen LogP contribution is -2.43. The van der Waals surface area contributed by atoms with E-state index in [2.05, 4.69) is 10.6 Å². The molecule has 1 atom stereocenters. The van der Waals surface area contributed by atoms with Gasteiger partial charge in [0.05, 0.1) is 0 Å². The number of imide groups is 1. The fourth-order valence-electron chi connectivity index (χ4n) is 3.06. The molecule has 2 aliphatic rings. The van der Waals surface area contributed by atoms with Crippen molar-refractivity contribution in [3.8, 4) is 0 Å². The third-order valence-corrected chi connectivity index (χ3v) is 5.04. The maximum atomic E-state index is 12.8. The molecule has 0 spiro atoms. The van der Waals surface area contributed by atoms with Gasteiger partial charge in [0.1, 0.15) is 12.1 Å². The number of rotatable bonds is 9. The van der Waals surface area contributed by atoms with Crippen LogP contribution >= 0.6 is 0 Å². The number of urea groups is 1. The molecule has 2 fully saturated rings. The number of amides is 4. The zero-order valence-corrected chi connectivity index (χ0v) is 15.9. The van der Waals surface area contributed by atoms with Crippen molar-refractivity contribution in [2.45, 2.75) is 38.6 Å². The second kappa shape index (κ2) is 8.08. The maximum absolute atomic E-state index is 12.8. The lowest BCUT2D eigenvalue weighted by molar-refractivity contribution is -0.134. The number of carbonyl (C=O) groups excluding carboxylic acids is 3. The Hall–Kier alpha value is -2.41. The lowest BCUT2D eigenvalue weighted by atomic mass is 9.91. The Morgan fingerprint density at radius 1 is 1.30 bits per heavy atom. The van der Waals surface area contributed by atoms with Gasteiger partial charge in [0.25, 0.3) is 5.91 Å². The Balaban J connectivity index is 1.47. The first-order chi connectivity index (χ1) is 12.9. The average molecular weight is 373 g/mol. The summed E-state index contributed by atoms with van der Waals surface area (Å²) in [5.74, 6) is -0.0461. The Kier molecular flexibility index (Phi) is 5.79. The molecule has 3 rings (SSSR count). The van der Waals surface area contributed by atoms with Crippen LogP contribution in [0.2, 0.25) is 0 Å². The van der Waals surface area contributed by atoms with Crippen LogP contribution in [-0.4, -0.2) is 49.0 Å². The van der Waals surface area contributed by atoms with E-state index in [1.807, 2.05) is 31.2 Å². The minimum Gasteiger partial charge on any atom is -0.381 e. The van der Waals surface area contributed by atoms with Crippen molar-refractivity contribution in [1.29, 1.82) is 0 Å². The second-order valence-electron chi connectivity index (χ2n) is 7.53. The summed E-state index contributed by atoms with van der Waals surface area (Å²) in [4.78, 5) is 38.1. The first kappa shape index (κ1) is 19.4. The number of hydrogen-bond acceptors (Lipinski definition) is 4. The summed E-state index contributed by atoms with van der Waals surface area (Å²) in [5.41, 5.74) is 0.612. The number of hydrogen-bond donors (Lipinski definition) is 2. The highest BCUT2D eigenvalue weighted by Crippen LogP contribution is 2.29. The van der Waals surface area contributed by atoms with Crippen molar-refractivity contribution in [3.63, 3.8) is 0 Å². The largest absolute Gasteiger partial charge is 0.381 e. The van der Waals surface area contributed by atoms with E-state index in [1.165, 1.54) is 12.8 Å². The summed E-state index contributed by atoms with van der Waals surface area (Å²) in [6, 6.07) is 6.87. The van der Waals surface area contributed by atoms with E-state index >= 15 is 0 Å². The van der Waals surface area contributed by atoms with Gasteiger partial charge in [-0.15, -0.1) is 0 Å². The Morgan fingerprint density at radius 2 is 2.00 bits per heavy atom. The maximum Gasteiger partial charge on any atom is 0.325 e. The normalized spacial score (nSPS) is 22.1. The molecule has 1 heterocycles. The molecule has 27 heavy (non-hydrogen) atoms. The zero-order valence-electron chi connectivity index (χ0n) is 15.9. The van der Waals surface area contributed by atoms with Crippen LogP contribution in [0, 0.1) is 12.8 Å². The van der Waals surface area contributed by atoms with Crippen molar-refractivity contribution in [1.82, 2.24) is 15.5 Å². The molecule has 7 heteroatoms. The summed E-state index contributed by atoms with van der Waals surface area (Å²) in [7, 11) is 0. The van der Waals surface area contributed by atoms with Crippen LogP contribution in [0.3, 0.4) is 0 Å². The minimum absolute atomic E-state index is 0.283. The summed E-state index contributed by atoms with van der Waals surface area (Å²) < 4.78 is 5.51. The van der Waals surface area contributed by atoms with Crippen molar-refractivity contribution in [2.24, 2.45) is 5.92 Å². The highest BCUT2D eigenvalue weighted by atomic mass is 16.5. The summed E-state index contributed by atoms with van der Waals surface area (Å²) in [5, 5.41) is 5.45. The van der Waals surface area contributed by atoms with Gasteiger partial charge in [-0.2, -0.15) is 0 Å². The molecule has 0 aromatic heterocycles. The molecule has 4 amide bonds. The van der Waals surface area contributed by atoms with E-state index in [4.69, 9.17) is 4.74 Å². The molecule has 1 unspecified atom stereocenters. The molecule has 146 valence electrons. The van der Waals surface area contributed by atoms with Crippen molar-refractivity contribution in [3.05, 3.63) is 35.4 Å². The molecule has 1 aliphatic heterocycles.